The molecule has 1 nitrogen and oxygen atoms in total. The highest BCUT2D eigenvalue weighted by molar-refractivity contribution is 6.42. The van der Waals surface area contributed by atoms with Crippen LogP contribution in [0.15, 0.2) is 18.2 Å². The first-order valence-corrected chi connectivity index (χ1v) is 5.55. The number of ether oxygens (including phenoxy) is 1. The predicted octanol–water partition coefficient (Wildman–Crippen LogP) is 3.89. The number of hydrogen-bond acceptors (Lipinski definition) is 1. The summed E-state index contributed by atoms with van der Waals surface area (Å²) >= 11 is 11.8. The Hall–Kier alpha value is -0.240. The zero-order valence-corrected chi connectivity index (χ0v) is 9.31. The second-order valence-electron chi connectivity index (χ2n) is 3.56. The number of halogens is 2. The van der Waals surface area contributed by atoms with Crippen LogP contribution in [0.4, 0.5) is 0 Å². The molecule has 1 aromatic rings. The molecule has 0 amide bonds. The molecular weight excluding hydrogens is 219 g/mol. The molecule has 0 radical (unpaired) electrons. The lowest BCUT2D eigenvalue weighted by atomic mass is 9.92. The molecule has 3 heteroatoms. The molecular formula is C11H12Cl2O. The van der Waals surface area contributed by atoms with E-state index < -0.39 is 0 Å². The van der Waals surface area contributed by atoms with Crippen molar-refractivity contribution >= 4 is 23.2 Å². The van der Waals surface area contributed by atoms with E-state index in [4.69, 9.17) is 27.9 Å². The molecule has 14 heavy (non-hydrogen) atoms. The minimum atomic E-state index is 0.582. The van der Waals surface area contributed by atoms with Gasteiger partial charge in [-0.05, 0) is 36.5 Å². The van der Waals surface area contributed by atoms with E-state index in [0.717, 1.165) is 26.1 Å². The van der Waals surface area contributed by atoms with Crippen molar-refractivity contribution in [2.75, 3.05) is 13.2 Å². The van der Waals surface area contributed by atoms with Crippen LogP contribution < -0.4 is 0 Å². The minimum absolute atomic E-state index is 0.582. The summed E-state index contributed by atoms with van der Waals surface area (Å²) in [5.74, 6) is 0.582. The van der Waals surface area contributed by atoms with Gasteiger partial charge in [0, 0.05) is 13.2 Å². The van der Waals surface area contributed by atoms with Gasteiger partial charge < -0.3 is 4.74 Å². The van der Waals surface area contributed by atoms with Gasteiger partial charge in [-0.2, -0.15) is 0 Å². The summed E-state index contributed by atoms with van der Waals surface area (Å²) in [6, 6.07) is 5.90. The highest BCUT2D eigenvalue weighted by atomic mass is 35.5. The summed E-state index contributed by atoms with van der Waals surface area (Å²) in [6.07, 6.45) is 2.16. The lowest BCUT2D eigenvalue weighted by molar-refractivity contribution is 0.0853. The number of rotatable bonds is 1. The Labute approximate surface area is 94.0 Å². The first-order chi connectivity index (χ1) is 6.77. The fourth-order valence-corrected chi connectivity index (χ4v) is 2.10. The number of benzene rings is 1. The van der Waals surface area contributed by atoms with Crippen molar-refractivity contribution in [3.8, 4) is 0 Å². The van der Waals surface area contributed by atoms with Gasteiger partial charge in [0.2, 0.25) is 0 Å². The molecule has 0 bridgehead atoms. The van der Waals surface area contributed by atoms with Crippen molar-refractivity contribution in [3.05, 3.63) is 33.8 Å². The molecule has 1 heterocycles. The standard InChI is InChI=1S/C11H12Cl2O/c12-10-2-1-9(7-11(10)13)8-3-5-14-6-4-8/h1-2,7-8H,3-6H2. The van der Waals surface area contributed by atoms with E-state index in [1.165, 1.54) is 5.56 Å². The van der Waals surface area contributed by atoms with Crippen molar-refractivity contribution in [1.29, 1.82) is 0 Å². The molecule has 0 N–H and O–H groups in total. The van der Waals surface area contributed by atoms with Crippen LogP contribution in [0.2, 0.25) is 10.0 Å². The normalized spacial score (nSPS) is 18.4. The Morgan fingerprint density at radius 3 is 2.43 bits per heavy atom. The number of hydrogen-bond donors (Lipinski definition) is 0. The van der Waals surface area contributed by atoms with Crippen LogP contribution >= 0.6 is 23.2 Å². The molecule has 0 unspecified atom stereocenters. The maximum Gasteiger partial charge on any atom is 0.0595 e. The van der Waals surface area contributed by atoms with E-state index >= 15 is 0 Å². The monoisotopic (exact) mass is 230 g/mol. The Bertz CT molecular complexity index is 319. The van der Waals surface area contributed by atoms with E-state index in [-0.39, 0.29) is 0 Å². The van der Waals surface area contributed by atoms with Crippen LogP contribution in [0.1, 0.15) is 24.3 Å². The first kappa shape index (κ1) is 10.3. The van der Waals surface area contributed by atoms with Gasteiger partial charge in [0.05, 0.1) is 10.0 Å². The van der Waals surface area contributed by atoms with Crippen molar-refractivity contribution in [1.82, 2.24) is 0 Å². The zero-order valence-electron chi connectivity index (χ0n) is 7.80. The van der Waals surface area contributed by atoms with Crippen LogP contribution in [0, 0.1) is 0 Å². The third-order valence-electron chi connectivity index (χ3n) is 2.64. The smallest absolute Gasteiger partial charge is 0.0595 e. The van der Waals surface area contributed by atoms with E-state index in [2.05, 4.69) is 6.07 Å². The minimum Gasteiger partial charge on any atom is -0.381 e. The Balaban J connectivity index is 2.18. The molecule has 0 saturated carbocycles. The zero-order chi connectivity index (χ0) is 9.97. The molecule has 2 rings (SSSR count). The molecule has 1 aliphatic rings. The average molecular weight is 231 g/mol. The van der Waals surface area contributed by atoms with Gasteiger partial charge >= 0.3 is 0 Å². The maximum atomic E-state index is 5.97. The topological polar surface area (TPSA) is 9.23 Å². The predicted molar refractivity (Wildman–Crippen MR) is 59.3 cm³/mol. The summed E-state index contributed by atoms with van der Waals surface area (Å²) in [7, 11) is 0. The fourth-order valence-electron chi connectivity index (χ4n) is 1.80. The lowest BCUT2D eigenvalue weighted by Crippen LogP contribution is -2.13. The molecule has 0 atom stereocenters. The van der Waals surface area contributed by atoms with Crippen molar-refractivity contribution < 1.29 is 4.74 Å². The first-order valence-electron chi connectivity index (χ1n) is 4.80. The molecule has 0 aliphatic carbocycles. The fraction of sp³-hybridized carbons (Fsp3) is 0.455. The SMILES string of the molecule is Clc1ccc(C2CCOCC2)cc1Cl. The summed E-state index contributed by atoms with van der Waals surface area (Å²) < 4.78 is 5.32. The maximum absolute atomic E-state index is 5.97. The van der Waals surface area contributed by atoms with Gasteiger partial charge in [0.25, 0.3) is 0 Å². The van der Waals surface area contributed by atoms with E-state index in [1.807, 2.05) is 12.1 Å². The second-order valence-corrected chi connectivity index (χ2v) is 4.37. The summed E-state index contributed by atoms with van der Waals surface area (Å²) in [5.41, 5.74) is 1.28. The molecule has 1 fully saturated rings. The highest BCUT2D eigenvalue weighted by Gasteiger charge is 2.16. The lowest BCUT2D eigenvalue weighted by Gasteiger charge is -2.22. The van der Waals surface area contributed by atoms with Gasteiger partial charge in [-0.15, -0.1) is 0 Å². The third kappa shape index (κ3) is 2.22. The average Bonchev–Trinajstić information content (AvgIpc) is 2.23. The summed E-state index contributed by atoms with van der Waals surface area (Å²) in [6.45, 7) is 1.70. The molecule has 1 aromatic carbocycles. The highest BCUT2D eigenvalue weighted by Crippen LogP contribution is 2.31. The Morgan fingerprint density at radius 1 is 1.07 bits per heavy atom. The van der Waals surface area contributed by atoms with E-state index in [9.17, 15) is 0 Å². The van der Waals surface area contributed by atoms with Crippen molar-refractivity contribution in [3.63, 3.8) is 0 Å². The van der Waals surface area contributed by atoms with Crippen LogP contribution in [-0.2, 0) is 4.74 Å². The molecule has 1 saturated heterocycles. The van der Waals surface area contributed by atoms with Gasteiger partial charge in [-0.3, -0.25) is 0 Å². The third-order valence-corrected chi connectivity index (χ3v) is 3.38. The van der Waals surface area contributed by atoms with Crippen molar-refractivity contribution in [2.45, 2.75) is 18.8 Å². The quantitative estimate of drug-likeness (QED) is 0.712. The second kappa shape index (κ2) is 4.52. The van der Waals surface area contributed by atoms with Gasteiger partial charge in [-0.1, -0.05) is 29.3 Å². The largest absolute Gasteiger partial charge is 0.381 e. The molecule has 76 valence electrons. The van der Waals surface area contributed by atoms with Crippen LogP contribution in [0.25, 0.3) is 0 Å². The molecule has 0 spiro atoms. The van der Waals surface area contributed by atoms with Crippen LogP contribution in [0.5, 0.6) is 0 Å². The molecule has 1 aliphatic heterocycles. The Morgan fingerprint density at radius 2 is 1.79 bits per heavy atom. The summed E-state index contributed by atoms with van der Waals surface area (Å²) in [4.78, 5) is 0. The molecule has 0 aromatic heterocycles. The van der Waals surface area contributed by atoms with E-state index in [1.54, 1.807) is 0 Å². The van der Waals surface area contributed by atoms with Crippen LogP contribution in [0.3, 0.4) is 0 Å². The summed E-state index contributed by atoms with van der Waals surface area (Å²) in [5, 5.41) is 1.28. The van der Waals surface area contributed by atoms with Crippen molar-refractivity contribution in [2.24, 2.45) is 0 Å². The van der Waals surface area contributed by atoms with Gasteiger partial charge in [0.15, 0.2) is 0 Å². The van der Waals surface area contributed by atoms with Gasteiger partial charge in [0.1, 0.15) is 0 Å². The van der Waals surface area contributed by atoms with Crippen LogP contribution in [-0.4, -0.2) is 13.2 Å². The Kier molecular flexibility index (Phi) is 3.32. The van der Waals surface area contributed by atoms with E-state index in [0.29, 0.717) is 16.0 Å². The van der Waals surface area contributed by atoms with Gasteiger partial charge in [-0.25, -0.2) is 0 Å².